The van der Waals surface area contributed by atoms with E-state index < -0.39 is 29.7 Å². The number of aliphatic carboxylic acids is 4. The molecule has 16 aromatic rings. The van der Waals surface area contributed by atoms with Gasteiger partial charge in [0.1, 0.15) is 34.6 Å². The van der Waals surface area contributed by atoms with Gasteiger partial charge in [0, 0.05) is 114 Å². The number of ketones is 4. The zero-order chi connectivity index (χ0) is 89.4. The number of aryl methyl sites for hydroxylation is 6. The van der Waals surface area contributed by atoms with Crippen LogP contribution in [0.4, 0.5) is 8.78 Å². The topological polar surface area (TPSA) is 298 Å². The molecule has 0 saturated heterocycles. The van der Waals surface area contributed by atoms with Crippen molar-refractivity contribution < 1.29 is 88.0 Å². The zero-order valence-corrected chi connectivity index (χ0v) is 71.3. The van der Waals surface area contributed by atoms with Gasteiger partial charge in [-0.1, -0.05) is 139 Å². The summed E-state index contributed by atoms with van der Waals surface area (Å²) in [6, 6.07) is 67.1. The van der Waals surface area contributed by atoms with Crippen molar-refractivity contribution in [1.29, 1.82) is 0 Å². The molecule has 0 aliphatic heterocycles. The molecule has 4 aromatic heterocycles. The third-order valence-corrected chi connectivity index (χ3v) is 25.1. The number of fused-ring (bicyclic) bond motifs is 4. The van der Waals surface area contributed by atoms with Crippen molar-refractivity contribution in [2.24, 2.45) is 0 Å². The number of carboxylic acids is 4. The lowest BCUT2D eigenvalue weighted by Gasteiger charge is -2.11. The Hall–Kier alpha value is -14.7. The van der Waals surface area contributed by atoms with Crippen molar-refractivity contribution in [2.75, 3.05) is 0 Å². The van der Waals surface area contributed by atoms with Crippen LogP contribution in [-0.2, 0) is 19.2 Å². The predicted octanol–water partition coefficient (Wildman–Crippen LogP) is 25.2. The van der Waals surface area contributed by atoms with Crippen LogP contribution in [-0.4, -0.2) is 87.9 Å². The molecule has 0 bridgehead atoms. The summed E-state index contributed by atoms with van der Waals surface area (Å²) in [5, 5.41) is 78.9. The maximum Gasteiger partial charge on any atom is 0.328 e. The lowest BCUT2D eigenvalue weighted by molar-refractivity contribution is -0.132. The number of aromatic hydroxyl groups is 4. The van der Waals surface area contributed by atoms with Crippen LogP contribution in [0.25, 0.3) is 109 Å². The van der Waals surface area contributed by atoms with Crippen LogP contribution in [0.2, 0.25) is 5.02 Å². The highest BCUT2D eigenvalue weighted by Crippen LogP contribution is 2.47. The zero-order valence-electron chi connectivity index (χ0n) is 67.2. The molecule has 0 fully saturated rings. The predicted molar refractivity (Wildman–Crippen MR) is 495 cm³/mol. The van der Waals surface area contributed by atoms with E-state index in [0.717, 1.165) is 131 Å². The van der Waals surface area contributed by atoms with E-state index in [1.165, 1.54) is 93.9 Å². The molecule has 0 aliphatic rings. The Bertz CT molecular complexity index is 6880. The maximum absolute atomic E-state index is 13.8. The SMILES string of the molecule is Cc1cc(Cl)cc(C)c1C(=O)c1sc2cc(O)ccc2c1-c1ccc(/C=C/C(=O)O)cc1.Cc1cc(F)cc(C)c1C(=O)c1sc2cc(O)ccc2c1-c1ccc(/C=C/C(=O)O)cc1.Cc1ccc(F)cc1C(=O)c1sc2cc(O)ccc2c1-c1ccc(/C=C/C(=O)O)cc1.Cc1ccccc1C(=O)c1sc2cc(O)ccc2c1-c1ccc(/C=C/C(=O)O)cc1. The third-order valence-electron chi connectivity index (χ3n) is 20.3. The maximum atomic E-state index is 13.8. The van der Waals surface area contributed by atoms with Crippen LogP contribution in [0.1, 0.15) is 117 Å². The van der Waals surface area contributed by atoms with E-state index >= 15 is 0 Å². The monoisotopic (exact) mass is 1750 g/mol. The van der Waals surface area contributed by atoms with Gasteiger partial charge in [0.05, 0.1) is 19.5 Å². The fourth-order valence-corrected chi connectivity index (χ4v) is 19.7. The molecule has 0 unspecified atom stereocenters. The van der Waals surface area contributed by atoms with Crippen molar-refractivity contribution >= 4 is 169 Å². The minimum Gasteiger partial charge on any atom is -0.508 e. The Morgan fingerprint density at radius 1 is 0.288 bits per heavy atom. The van der Waals surface area contributed by atoms with Crippen LogP contribution in [0.5, 0.6) is 23.0 Å². The van der Waals surface area contributed by atoms with Gasteiger partial charge in [-0.3, -0.25) is 19.2 Å². The van der Waals surface area contributed by atoms with Gasteiger partial charge in [-0.15, -0.1) is 45.3 Å². The first-order valence-corrected chi connectivity index (χ1v) is 42.0. The van der Waals surface area contributed by atoms with E-state index in [2.05, 4.69) is 0 Å². The van der Waals surface area contributed by atoms with Gasteiger partial charge < -0.3 is 40.9 Å². The molecular weight excluding hydrogens is 1680 g/mol. The summed E-state index contributed by atoms with van der Waals surface area (Å²) in [5.41, 5.74) is 15.5. The molecule has 0 saturated carbocycles. The molecule has 125 heavy (non-hydrogen) atoms. The molecule has 0 amide bonds. The number of thiophene rings is 4. The van der Waals surface area contributed by atoms with Crippen molar-refractivity contribution in [3.63, 3.8) is 0 Å². The highest BCUT2D eigenvalue weighted by Gasteiger charge is 2.29. The van der Waals surface area contributed by atoms with E-state index in [4.69, 9.17) is 32.0 Å². The lowest BCUT2D eigenvalue weighted by atomic mass is 9.93. The van der Waals surface area contributed by atoms with Crippen molar-refractivity contribution in [2.45, 2.75) is 41.5 Å². The molecule has 23 heteroatoms. The van der Waals surface area contributed by atoms with E-state index in [-0.39, 0.29) is 57.5 Å². The standard InChI is InChI=1S/C26H19ClO4S.C26H19FO4S.C25H17FO4S.C25H18O4S/c2*1-14-11-18(27)12-15(2)23(14)25(31)26-24(20-9-8-19(28)13-21(20)32-26)17-6-3-16(4-7-17)5-10-22(29)30;1-14-2-8-17(26)12-20(14)24(30)25-23(19-10-9-18(27)13-21(19)31-25)16-6-3-15(4-7-16)5-11-22(28)29;1-15-4-2-3-5-19(15)24(29)25-23(20-12-11-18(26)14-21(20)30-25)17-9-6-16(7-10-17)8-13-22(27)28/h2*3-13,28H,1-2H3,(H,29,30);2-13,27H,1H3,(H,28,29);2-14,26H,1H3,(H,27,28)/b2*10-5+;11-5+;13-8+. The van der Waals surface area contributed by atoms with Gasteiger partial charge in [-0.25, -0.2) is 28.0 Å². The number of carbonyl (C=O) groups excluding carboxylic acids is 4. The molecule has 0 radical (unpaired) electrons. The number of phenols is 4. The molecule has 0 aliphatic carbocycles. The van der Waals surface area contributed by atoms with Gasteiger partial charge in [0.2, 0.25) is 23.1 Å². The molecular formula is C102H73ClF2O16S4. The van der Waals surface area contributed by atoms with Crippen LogP contribution in [0.15, 0.2) is 261 Å². The van der Waals surface area contributed by atoms with Crippen LogP contribution in [0, 0.1) is 53.2 Å². The smallest absolute Gasteiger partial charge is 0.328 e. The number of hydrogen-bond donors (Lipinski definition) is 8. The molecule has 8 N–H and O–H groups in total. The first-order valence-electron chi connectivity index (χ1n) is 38.4. The average molecular weight is 1760 g/mol. The summed E-state index contributed by atoms with van der Waals surface area (Å²) >= 11 is 11.4. The number of phenolic OH excluding ortho intramolecular Hbond substituents is 4. The summed E-state index contributed by atoms with van der Waals surface area (Å²) in [5.74, 6) is -5.12. The summed E-state index contributed by atoms with van der Waals surface area (Å²) < 4.78 is 30.8. The second-order valence-electron chi connectivity index (χ2n) is 29.0. The van der Waals surface area contributed by atoms with E-state index in [0.29, 0.717) is 74.6 Å². The second kappa shape index (κ2) is 38.2. The number of carboxylic acid groups (broad SMARTS) is 4. The summed E-state index contributed by atoms with van der Waals surface area (Å²) in [7, 11) is 0. The normalized spacial score (nSPS) is 11.3. The molecule has 4 heterocycles. The van der Waals surface area contributed by atoms with Gasteiger partial charge >= 0.3 is 23.9 Å². The largest absolute Gasteiger partial charge is 0.508 e. The quantitative estimate of drug-likeness (QED) is 0.0260. The van der Waals surface area contributed by atoms with Crippen molar-refractivity contribution in [3.05, 3.63) is 375 Å². The van der Waals surface area contributed by atoms with Crippen LogP contribution < -0.4 is 0 Å². The number of benzene rings is 12. The van der Waals surface area contributed by atoms with E-state index in [1.54, 1.807) is 124 Å². The minimum atomic E-state index is -1.04. The van der Waals surface area contributed by atoms with E-state index in [1.807, 2.05) is 130 Å². The summed E-state index contributed by atoms with van der Waals surface area (Å²) in [6.45, 7) is 10.8. The van der Waals surface area contributed by atoms with Gasteiger partial charge in [-0.05, 0) is 253 Å². The van der Waals surface area contributed by atoms with Crippen molar-refractivity contribution in [1.82, 2.24) is 0 Å². The number of hydrogen-bond acceptors (Lipinski definition) is 16. The van der Waals surface area contributed by atoms with E-state index in [9.17, 15) is 67.6 Å². The lowest BCUT2D eigenvalue weighted by Crippen LogP contribution is -2.06. The summed E-state index contributed by atoms with van der Waals surface area (Å²) in [6.07, 6.45) is 10.3. The Kier molecular flexibility index (Phi) is 26.9. The Balaban J connectivity index is 0.000000143. The van der Waals surface area contributed by atoms with Gasteiger partial charge in [0.15, 0.2) is 0 Å². The number of halogens is 3. The second-order valence-corrected chi connectivity index (χ2v) is 33.7. The fourth-order valence-electron chi connectivity index (χ4n) is 14.5. The molecule has 12 aromatic carbocycles. The summed E-state index contributed by atoms with van der Waals surface area (Å²) in [4.78, 5) is 99.4. The molecule has 16 nitrogen and oxygen atoms in total. The van der Waals surface area contributed by atoms with Gasteiger partial charge in [0.25, 0.3) is 0 Å². The molecule has 0 atom stereocenters. The molecule has 622 valence electrons. The fraction of sp³-hybridized carbons (Fsp3) is 0.0588. The van der Waals surface area contributed by atoms with Crippen LogP contribution in [0.3, 0.4) is 0 Å². The number of rotatable bonds is 20. The highest BCUT2D eigenvalue weighted by atomic mass is 35.5. The highest BCUT2D eigenvalue weighted by molar-refractivity contribution is 7.23. The molecule has 16 rings (SSSR count). The number of carbonyl (C=O) groups is 8. The van der Waals surface area contributed by atoms with Gasteiger partial charge in [-0.2, -0.15) is 0 Å². The Morgan fingerprint density at radius 3 is 0.856 bits per heavy atom. The molecule has 0 spiro atoms. The van der Waals surface area contributed by atoms with Crippen LogP contribution >= 0.6 is 56.9 Å². The third kappa shape index (κ3) is 20.3. The Morgan fingerprint density at radius 2 is 0.560 bits per heavy atom. The average Bonchev–Trinajstić information content (AvgIpc) is 1.65. The Labute approximate surface area is 735 Å². The first-order chi connectivity index (χ1) is 59.7. The first kappa shape index (κ1) is 88.1. The van der Waals surface area contributed by atoms with Crippen molar-refractivity contribution in [3.8, 4) is 67.5 Å². The minimum absolute atomic E-state index is 0.0568.